The van der Waals surface area contributed by atoms with Crippen molar-refractivity contribution in [2.24, 2.45) is 7.05 Å². The first-order valence-electron chi connectivity index (χ1n) is 8.12. The Labute approximate surface area is 131 Å². The van der Waals surface area contributed by atoms with Gasteiger partial charge in [0.1, 0.15) is 5.82 Å². The Balaban J connectivity index is 2.08. The highest BCUT2D eigenvalue weighted by atomic mass is 16.1. The lowest BCUT2D eigenvalue weighted by Crippen LogP contribution is -2.46. The average Bonchev–Trinajstić information content (AvgIpc) is 2.57. The van der Waals surface area contributed by atoms with Crippen LogP contribution in [0.25, 0.3) is 10.9 Å². The Kier molecular flexibility index (Phi) is 4.55. The predicted octanol–water partition coefficient (Wildman–Crippen LogP) is 1.68. The van der Waals surface area contributed by atoms with Crippen molar-refractivity contribution in [3.8, 4) is 0 Å². The number of piperazine rings is 1. The molecule has 1 aromatic heterocycles. The number of hydrogen-bond donors (Lipinski definition) is 1. The molecule has 2 heterocycles. The minimum absolute atomic E-state index is 0.0526. The maximum Gasteiger partial charge on any atom is 0.261 e. The van der Waals surface area contributed by atoms with Crippen LogP contribution in [0.2, 0.25) is 0 Å². The van der Waals surface area contributed by atoms with Crippen molar-refractivity contribution in [3.63, 3.8) is 0 Å². The summed E-state index contributed by atoms with van der Waals surface area (Å²) < 4.78 is 1.74. The molecule has 1 fully saturated rings. The van der Waals surface area contributed by atoms with Gasteiger partial charge >= 0.3 is 0 Å². The van der Waals surface area contributed by atoms with Gasteiger partial charge in [-0.1, -0.05) is 25.5 Å². The molecule has 5 nitrogen and oxygen atoms in total. The van der Waals surface area contributed by atoms with Crippen molar-refractivity contribution in [2.45, 2.75) is 25.8 Å². The molecule has 0 aliphatic carbocycles. The molecule has 1 saturated heterocycles. The molecule has 0 saturated carbocycles. The van der Waals surface area contributed by atoms with E-state index in [4.69, 9.17) is 4.98 Å². The van der Waals surface area contributed by atoms with Gasteiger partial charge in [0, 0.05) is 33.2 Å². The number of aromatic nitrogens is 2. The lowest BCUT2D eigenvalue weighted by molar-refractivity contribution is 0.155. The zero-order valence-corrected chi connectivity index (χ0v) is 13.4. The largest absolute Gasteiger partial charge is 0.314 e. The highest BCUT2D eigenvalue weighted by Gasteiger charge is 2.25. The standard InChI is InChI=1S/C17H24N4O/c1-3-6-15(21-11-9-18-10-12-21)16-19-14-8-5-4-7-13(14)17(22)20(16)2/h4-5,7-8,15,18H,3,6,9-12H2,1-2H3. The molecular formula is C17H24N4O. The highest BCUT2D eigenvalue weighted by Crippen LogP contribution is 2.24. The van der Waals surface area contributed by atoms with Crippen LogP contribution in [0.3, 0.4) is 0 Å². The molecule has 0 amide bonds. The molecule has 1 N–H and O–H groups in total. The Morgan fingerprint density at radius 2 is 2.00 bits per heavy atom. The molecule has 22 heavy (non-hydrogen) atoms. The quantitative estimate of drug-likeness (QED) is 0.933. The Morgan fingerprint density at radius 1 is 1.27 bits per heavy atom. The number of nitrogens with zero attached hydrogens (tertiary/aromatic N) is 3. The summed E-state index contributed by atoms with van der Waals surface area (Å²) >= 11 is 0. The van der Waals surface area contributed by atoms with Gasteiger partial charge in [0.15, 0.2) is 0 Å². The van der Waals surface area contributed by atoms with E-state index in [1.165, 1.54) is 0 Å². The molecule has 0 radical (unpaired) electrons. The van der Waals surface area contributed by atoms with Crippen molar-refractivity contribution < 1.29 is 0 Å². The SMILES string of the molecule is CCCC(c1nc2ccccc2c(=O)n1C)N1CCNCC1. The second-order valence-corrected chi connectivity index (χ2v) is 5.94. The fourth-order valence-electron chi connectivity index (χ4n) is 3.28. The summed E-state index contributed by atoms with van der Waals surface area (Å²) in [5, 5.41) is 4.09. The minimum atomic E-state index is 0.0526. The van der Waals surface area contributed by atoms with Crippen LogP contribution in [0, 0.1) is 0 Å². The molecule has 0 bridgehead atoms. The highest BCUT2D eigenvalue weighted by molar-refractivity contribution is 5.77. The van der Waals surface area contributed by atoms with E-state index < -0.39 is 0 Å². The third-order valence-electron chi connectivity index (χ3n) is 4.47. The molecular weight excluding hydrogens is 276 g/mol. The maximum atomic E-state index is 12.6. The van der Waals surface area contributed by atoms with Crippen molar-refractivity contribution in [3.05, 3.63) is 40.4 Å². The second-order valence-electron chi connectivity index (χ2n) is 5.94. The first-order chi connectivity index (χ1) is 10.7. The lowest BCUT2D eigenvalue weighted by atomic mass is 10.1. The number of fused-ring (bicyclic) bond motifs is 1. The summed E-state index contributed by atoms with van der Waals surface area (Å²) in [6.07, 6.45) is 2.11. The van der Waals surface area contributed by atoms with Crippen molar-refractivity contribution >= 4 is 10.9 Å². The zero-order chi connectivity index (χ0) is 15.5. The lowest BCUT2D eigenvalue weighted by Gasteiger charge is -2.35. The zero-order valence-electron chi connectivity index (χ0n) is 13.4. The van der Waals surface area contributed by atoms with E-state index in [-0.39, 0.29) is 11.6 Å². The van der Waals surface area contributed by atoms with Crippen LogP contribution in [-0.4, -0.2) is 40.6 Å². The van der Waals surface area contributed by atoms with Crippen LogP contribution < -0.4 is 10.9 Å². The van der Waals surface area contributed by atoms with Crippen LogP contribution in [0.4, 0.5) is 0 Å². The van der Waals surface area contributed by atoms with Crippen molar-refractivity contribution in [2.75, 3.05) is 26.2 Å². The maximum absolute atomic E-state index is 12.6. The van der Waals surface area contributed by atoms with Crippen LogP contribution in [0.15, 0.2) is 29.1 Å². The van der Waals surface area contributed by atoms with Gasteiger partial charge in [0.25, 0.3) is 5.56 Å². The number of rotatable bonds is 4. The van der Waals surface area contributed by atoms with Crippen molar-refractivity contribution in [1.29, 1.82) is 0 Å². The molecule has 0 spiro atoms. The number of nitrogens with one attached hydrogen (secondary N) is 1. The van der Waals surface area contributed by atoms with Gasteiger partial charge in [-0.15, -0.1) is 0 Å². The van der Waals surface area contributed by atoms with Crippen LogP contribution in [0.5, 0.6) is 0 Å². The fourth-order valence-corrected chi connectivity index (χ4v) is 3.28. The fraction of sp³-hybridized carbons (Fsp3) is 0.529. The third kappa shape index (κ3) is 2.78. The van der Waals surface area contributed by atoms with Gasteiger partial charge in [0.05, 0.1) is 16.9 Å². The molecule has 1 atom stereocenters. The summed E-state index contributed by atoms with van der Waals surface area (Å²) in [5.41, 5.74) is 0.855. The summed E-state index contributed by atoms with van der Waals surface area (Å²) in [4.78, 5) is 19.9. The summed E-state index contributed by atoms with van der Waals surface area (Å²) in [7, 11) is 1.85. The summed E-state index contributed by atoms with van der Waals surface area (Å²) in [6, 6.07) is 7.84. The molecule has 2 aromatic rings. The van der Waals surface area contributed by atoms with E-state index in [2.05, 4.69) is 17.1 Å². The summed E-state index contributed by atoms with van der Waals surface area (Å²) in [6.45, 7) is 6.21. The Hall–Kier alpha value is -1.72. The summed E-state index contributed by atoms with van der Waals surface area (Å²) in [5.74, 6) is 0.896. The molecule has 3 rings (SSSR count). The Morgan fingerprint density at radius 3 is 2.73 bits per heavy atom. The van der Waals surface area contributed by atoms with Gasteiger partial charge in [-0.05, 0) is 18.6 Å². The predicted molar refractivity (Wildman–Crippen MR) is 89.1 cm³/mol. The second kappa shape index (κ2) is 6.58. The van der Waals surface area contributed by atoms with Crippen molar-refractivity contribution in [1.82, 2.24) is 19.8 Å². The topological polar surface area (TPSA) is 50.2 Å². The van der Waals surface area contributed by atoms with E-state index in [9.17, 15) is 4.79 Å². The number of benzene rings is 1. The van der Waals surface area contributed by atoms with Crippen LogP contribution in [0.1, 0.15) is 31.6 Å². The molecule has 1 aliphatic heterocycles. The van der Waals surface area contributed by atoms with Gasteiger partial charge in [-0.25, -0.2) is 4.98 Å². The Bertz CT molecular complexity index is 703. The molecule has 1 aromatic carbocycles. The monoisotopic (exact) mass is 300 g/mol. The normalized spacial score (nSPS) is 17.7. The van der Waals surface area contributed by atoms with Crippen LogP contribution in [-0.2, 0) is 7.05 Å². The first-order valence-corrected chi connectivity index (χ1v) is 8.12. The molecule has 1 unspecified atom stereocenters. The van der Waals surface area contributed by atoms with E-state index in [1.54, 1.807) is 4.57 Å². The molecule has 118 valence electrons. The van der Waals surface area contributed by atoms with Gasteiger partial charge < -0.3 is 5.32 Å². The first kappa shape index (κ1) is 15.2. The smallest absolute Gasteiger partial charge is 0.261 e. The third-order valence-corrected chi connectivity index (χ3v) is 4.47. The van der Waals surface area contributed by atoms with E-state index >= 15 is 0 Å². The molecule has 5 heteroatoms. The van der Waals surface area contributed by atoms with E-state index in [0.717, 1.165) is 50.4 Å². The van der Waals surface area contributed by atoms with Gasteiger partial charge in [-0.3, -0.25) is 14.3 Å². The van der Waals surface area contributed by atoms with Gasteiger partial charge in [-0.2, -0.15) is 0 Å². The van der Waals surface area contributed by atoms with E-state index in [0.29, 0.717) is 5.39 Å². The number of hydrogen-bond acceptors (Lipinski definition) is 4. The number of para-hydroxylation sites is 1. The molecule has 1 aliphatic rings. The van der Waals surface area contributed by atoms with Gasteiger partial charge in [0.2, 0.25) is 0 Å². The van der Waals surface area contributed by atoms with E-state index in [1.807, 2.05) is 31.3 Å². The minimum Gasteiger partial charge on any atom is -0.314 e. The average molecular weight is 300 g/mol. The van der Waals surface area contributed by atoms with Crippen LogP contribution >= 0.6 is 0 Å².